The van der Waals surface area contributed by atoms with Crippen LogP contribution in [0.5, 0.6) is 0 Å². The summed E-state index contributed by atoms with van der Waals surface area (Å²) >= 11 is 5.52. The Morgan fingerprint density at radius 2 is 2.11 bits per heavy atom. The number of halogens is 1. The Bertz CT molecular complexity index is 490. The Morgan fingerprint density at radius 1 is 1.42 bits per heavy atom. The molecule has 0 heterocycles. The Hall–Kier alpha value is -2.19. The van der Waals surface area contributed by atoms with Crippen LogP contribution in [0.1, 0.15) is 6.42 Å². The summed E-state index contributed by atoms with van der Waals surface area (Å²) in [7, 11) is 0. The van der Waals surface area contributed by atoms with Gasteiger partial charge < -0.3 is 16.4 Å². The number of nitrogen functional groups attached to an aromatic ring is 1. The molecule has 1 aromatic rings. The van der Waals surface area contributed by atoms with Gasteiger partial charge in [0.15, 0.2) is 0 Å². The molecule has 1 aromatic carbocycles. The number of rotatable bonds is 6. The van der Waals surface area contributed by atoms with Crippen molar-refractivity contribution < 1.29 is 4.79 Å². The molecule has 5 nitrogen and oxygen atoms in total. The molecule has 0 spiro atoms. The van der Waals surface area contributed by atoms with Gasteiger partial charge in [0.05, 0.1) is 0 Å². The predicted molar refractivity (Wildman–Crippen MR) is 76.5 cm³/mol. The molecule has 0 aliphatic rings. The second-order valence-corrected chi connectivity index (χ2v) is 4.12. The first-order valence-corrected chi connectivity index (χ1v) is 6.27. The van der Waals surface area contributed by atoms with Crippen molar-refractivity contribution in [2.24, 2.45) is 0 Å². The third-order valence-corrected chi connectivity index (χ3v) is 2.50. The molecule has 0 saturated carbocycles. The fraction of sp³-hybridized carbons (Fsp3) is 0.231. The van der Waals surface area contributed by atoms with Gasteiger partial charge in [0.1, 0.15) is 11.6 Å². The van der Waals surface area contributed by atoms with Gasteiger partial charge in [-0.15, -0.1) is 11.6 Å². The number of hydrogen-bond acceptors (Lipinski definition) is 4. The lowest BCUT2D eigenvalue weighted by Gasteiger charge is -2.05. The molecular formula is C13H15ClN4O. The maximum Gasteiger partial charge on any atom is 0.267 e. The number of benzene rings is 1. The van der Waals surface area contributed by atoms with Crippen LogP contribution in [0.15, 0.2) is 36.0 Å². The van der Waals surface area contributed by atoms with Crippen molar-refractivity contribution >= 4 is 28.9 Å². The van der Waals surface area contributed by atoms with Crippen molar-refractivity contribution in [2.45, 2.75) is 6.42 Å². The van der Waals surface area contributed by atoms with Crippen LogP contribution in [0.2, 0.25) is 0 Å². The molecule has 0 aliphatic heterocycles. The van der Waals surface area contributed by atoms with E-state index in [0.717, 1.165) is 6.42 Å². The van der Waals surface area contributed by atoms with Crippen molar-refractivity contribution in [1.29, 1.82) is 5.26 Å². The van der Waals surface area contributed by atoms with Crippen molar-refractivity contribution in [2.75, 3.05) is 23.5 Å². The Balaban J connectivity index is 2.59. The van der Waals surface area contributed by atoms with Crippen LogP contribution in [-0.4, -0.2) is 18.3 Å². The molecule has 0 unspecified atom stereocenters. The number of carbonyl (C=O) groups excluding carboxylic acids is 1. The number of amides is 1. The number of nitrogens with two attached hydrogens (primary N) is 1. The van der Waals surface area contributed by atoms with Gasteiger partial charge in [0, 0.05) is 30.0 Å². The lowest BCUT2D eigenvalue weighted by molar-refractivity contribution is -0.112. The standard InChI is InChI=1S/C13H15ClN4O/c14-6-1-7-17-9-10(8-15)13(19)18-12-4-2-11(16)3-5-12/h2-5,9,17H,1,6-7,16H2,(H,18,19)/b10-9-. The van der Waals surface area contributed by atoms with Gasteiger partial charge in [-0.1, -0.05) is 0 Å². The van der Waals surface area contributed by atoms with E-state index in [4.69, 9.17) is 22.6 Å². The van der Waals surface area contributed by atoms with Crippen LogP contribution in [0.25, 0.3) is 0 Å². The van der Waals surface area contributed by atoms with Gasteiger partial charge in [0.2, 0.25) is 0 Å². The summed E-state index contributed by atoms with van der Waals surface area (Å²) in [6.45, 7) is 0.615. The third kappa shape index (κ3) is 5.32. The Morgan fingerprint density at radius 3 is 2.68 bits per heavy atom. The number of alkyl halides is 1. The summed E-state index contributed by atoms with van der Waals surface area (Å²) in [6, 6.07) is 8.52. The molecule has 6 heteroatoms. The smallest absolute Gasteiger partial charge is 0.267 e. The molecule has 0 saturated heterocycles. The molecule has 0 aliphatic carbocycles. The first kappa shape index (κ1) is 14.9. The highest BCUT2D eigenvalue weighted by molar-refractivity contribution is 6.17. The topological polar surface area (TPSA) is 90.9 Å². The summed E-state index contributed by atoms with van der Waals surface area (Å²) < 4.78 is 0. The average Bonchev–Trinajstić information content (AvgIpc) is 2.41. The third-order valence-electron chi connectivity index (χ3n) is 2.23. The monoisotopic (exact) mass is 278 g/mol. The number of nitrogens with one attached hydrogen (secondary N) is 2. The van der Waals surface area contributed by atoms with Crippen molar-refractivity contribution in [3.05, 3.63) is 36.0 Å². The zero-order valence-corrected chi connectivity index (χ0v) is 11.1. The maximum absolute atomic E-state index is 11.8. The summed E-state index contributed by atoms with van der Waals surface area (Å²) in [4.78, 5) is 11.8. The summed E-state index contributed by atoms with van der Waals surface area (Å²) in [5.74, 6) is 0.0611. The van der Waals surface area contributed by atoms with E-state index in [1.54, 1.807) is 24.3 Å². The van der Waals surface area contributed by atoms with Crippen molar-refractivity contribution in [3.8, 4) is 6.07 Å². The van der Waals surface area contributed by atoms with Crippen molar-refractivity contribution in [3.63, 3.8) is 0 Å². The zero-order chi connectivity index (χ0) is 14.1. The number of carbonyl (C=O) groups is 1. The van der Waals surface area contributed by atoms with E-state index in [1.165, 1.54) is 6.20 Å². The maximum atomic E-state index is 11.8. The van der Waals surface area contributed by atoms with E-state index in [-0.39, 0.29) is 5.57 Å². The number of nitriles is 1. The molecule has 1 rings (SSSR count). The van der Waals surface area contributed by atoms with Crippen LogP contribution < -0.4 is 16.4 Å². The van der Waals surface area contributed by atoms with E-state index in [0.29, 0.717) is 23.8 Å². The molecule has 4 N–H and O–H groups in total. The Kier molecular flexibility index (Phi) is 6.27. The van der Waals surface area contributed by atoms with Gasteiger partial charge >= 0.3 is 0 Å². The first-order chi connectivity index (χ1) is 9.17. The first-order valence-electron chi connectivity index (χ1n) is 5.74. The van der Waals surface area contributed by atoms with Crippen LogP contribution >= 0.6 is 11.6 Å². The molecule has 0 atom stereocenters. The van der Waals surface area contributed by atoms with E-state index in [2.05, 4.69) is 10.6 Å². The van der Waals surface area contributed by atoms with Crippen LogP contribution in [0.3, 0.4) is 0 Å². The molecule has 0 aromatic heterocycles. The van der Waals surface area contributed by atoms with Gasteiger partial charge in [-0.05, 0) is 30.7 Å². The molecule has 1 amide bonds. The predicted octanol–water partition coefficient (Wildman–Crippen LogP) is 1.83. The van der Waals surface area contributed by atoms with E-state index < -0.39 is 5.91 Å². The number of hydrogen-bond donors (Lipinski definition) is 3. The lowest BCUT2D eigenvalue weighted by atomic mass is 10.2. The SMILES string of the molecule is N#C/C(=C/NCCCCl)C(=O)Nc1ccc(N)cc1. The minimum absolute atomic E-state index is 0.00592. The highest BCUT2D eigenvalue weighted by atomic mass is 35.5. The lowest BCUT2D eigenvalue weighted by Crippen LogP contribution is -2.17. The van der Waals surface area contributed by atoms with E-state index >= 15 is 0 Å². The number of nitrogens with zero attached hydrogens (tertiary/aromatic N) is 1. The zero-order valence-electron chi connectivity index (χ0n) is 10.3. The Labute approximate surface area is 117 Å². The molecule has 19 heavy (non-hydrogen) atoms. The summed E-state index contributed by atoms with van der Waals surface area (Å²) in [5.41, 5.74) is 6.74. The van der Waals surface area contributed by atoms with Gasteiger partial charge in [-0.3, -0.25) is 4.79 Å². The van der Waals surface area contributed by atoms with Crippen LogP contribution in [0.4, 0.5) is 11.4 Å². The van der Waals surface area contributed by atoms with Crippen LogP contribution in [-0.2, 0) is 4.79 Å². The fourth-order valence-electron chi connectivity index (χ4n) is 1.26. The second kappa shape index (κ2) is 8.01. The minimum Gasteiger partial charge on any atom is -0.399 e. The normalized spacial score (nSPS) is 10.6. The van der Waals surface area contributed by atoms with E-state index in [9.17, 15) is 4.79 Å². The largest absolute Gasteiger partial charge is 0.399 e. The minimum atomic E-state index is -0.467. The highest BCUT2D eigenvalue weighted by Crippen LogP contribution is 2.11. The van der Waals surface area contributed by atoms with E-state index in [1.807, 2.05) is 6.07 Å². The quantitative estimate of drug-likeness (QED) is 0.243. The molecule has 100 valence electrons. The highest BCUT2D eigenvalue weighted by Gasteiger charge is 2.08. The van der Waals surface area contributed by atoms with Gasteiger partial charge in [0.25, 0.3) is 5.91 Å². The molecular weight excluding hydrogens is 264 g/mol. The summed E-state index contributed by atoms with van der Waals surface area (Å²) in [5, 5.41) is 14.4. The molecule has 0 radical (unpaired) electrons. The molecule has 0 fully saturated rings. The fourth-order valence-corrected chi connectivity index (χ4v) is 1.39. The van der Waals surface area contributed by atoms with Crippen molar-refractivity contribution in [1.82, 2.24) is 5.32 Å². The van der Waals surface area contributed by atoms with Crippen LogP contribution in [0, 0.1) is 11.3 Å². The van der Waals surface area contributed by atoms with Gasteiger partial charge in [-0.2, -0.15) is 5.26 Å². The second-order valence-electron chi connectivity index (χ2n) is 3.74. The average molecular weight is 279 g/mol. The number of anilines is 2. The summed E-state index contributed by atoms with van der Waals surface area (Å²) in [6.07, 6.45) is 2.15. The van der Waals surface area contributed by atoms with Gasteiger partial charge in [-0.25, -0.2) is 0 Å². The molecule has 0 bridgehead atoms.